The lowest BCUT2D eigenvalue weighted by Crippen LogP contribution is -2.37. The van der Waals surface area contributed by atoms with Gasteiger partial charge in [-0.2, -0.15) is 0 Å². The molecule has 2 rings (SSSR count). The maximum Gasteiger partial charge on any atom is 0.115 e. The first-order valence-corrected chi connectivity index (χ1v) is 5.13. The van der Waals surface area contributed by atoms with Crippen molar-refractivity contribution in [2.45, 2.75) is 43.3 Å². The van der Waals surface area contributed by atoms with Crippen LogP contribution in [0.2, 0.25) is 0 Å². The first kappa shape index (κ1) is 8.76. The monoisotopic (exact) mass is 191 g/mol. The average Bonchev–Trinajstić information content (AvgIpc) is 2.40. The zero-order valence-corrected chi connectivity index (χ0v) is 8.15. The molecule has 3 heteroatoms. The number of alkyl halides is 2. The van der Waals surface area contributed by atoms with Gasteiger partial charge in [-0.3, -0.25) is 4.90 Å². The van der Waals surface area contributed by atoms with Crippen molar-refractivity contribution in [1.29, 1.82) is 0 Å². The predicted octanol–water partition coefficient (Wildman–Crippen LogP) is 2.19. The molecule has 0 bridgehead atoms. The first-order chi connectivity index (χ1) is 5.66. The van der Waals surface area contributed by atoms with E-state index in [1.807, 2.05) is 0 Å². The highest BCUT2D eigenvalue weighted by Gasteiger charge is 2.50. The van der Waals surface area contributed by atoms with Crippen LogP contribution in [0.4, 0.5) is 4.39 Å². The molecule has 0 aromatic heterocycles. The van der Waals surface area contributed by atoms with Crippen molar-refractivity contribution in [3.63, 3.8) is 0 Å². The minimum absolute atomic E-state index is 0.117. The van der Waals surface area contributed by atoms with Crippen LogP contribution in [0.25, 0.3) is 0 Å². The maximum absolute atomic E-state index is 13.1. The molecule has 0 saturated carbocycles. The molecule has 2 fully saturated rings. The Morgan fingerprint density at radius 1 is 1.50 bits per heavy atom. The van der Waals surface area contributed by atoms with Gasteiger partial charge in [0.05, 0.1) is 0 Å². The zero-order chi connectivity index (χ0) is 8.77. The topological polar surface area (TPSA) is 3.24 Å². The molecule has 1 unspecified atom stereocenters. The van der Waals surface area contributed by atoms with Gasteiger partial charge in [-0.1, -0.05) is 6.92 Å². The van der Waals surface area contributed by atoms with E-state index in [9.17, 15) is 4.39 Å². The van der Waals surface area contributed by atoms with Crippen LogP contribution in [-0.2, 0) is 0 Å². The summed E-state index contributed by atoms with van der Waals surface area (Å²) >= 11 is 6.07. The van der Waals surface area contributed by atoms with Gasteiger partial charge in [-0.15, -0.1) is 11.6 Å². The summed E-state index contributed by atoms with van der Waals surface area (Å²) in [5.41, 5.74) is 0.117. The van der Waals surface area contributed by atoms with Crippen LogP contribution in [0, 0.1) is 0 Å². The average molecular weight is 192 g/mol. The van der Waals surface area contributed by atoms with E-state index in [4.69, 9.17) is 11.6 Å². The van der Waals surface area contributed by atoms with Gasteiger partial charge in [0, 0.05) is 24.0 Å². The van der Waals surface area contributed by atoms with Crippen molar-refractivity contribution in [3.05, 3.63) is 0 Å². The molecule has 2 heterocycles. The van der Waals surface area contributed by atoms with E-state index in [2.05, 4.69) is 11.8 Å². The van der Waals surface area contributed by atoms with Gasteiger partial charge in [-0.05, 0) is 19.3 Å². The van der Waals surface area contributed by atoms with Crippen molar-refractivity contribution < 1.29 is 4.39 Å². The largest absolute Gasteiger partial charge is 0.293 e. The van der Waals surface area contributed by atoms with E-state index in [0.717, 1.165) is 19.4 Å². The van der Waals surface area contributed by atoms with Crippen LogP contribution >= 0.6 is 11.6 Å². The Morgan fingerprint density at radius 2 is 2.25 bits per heavy atom. The van der Waals surface area contributed by atoms with Gasteiger partial charge in [0.1, 0.15) is 6.17 Å². The molecule has 2 saturated heterocycles. The number of hydrogen-bond donors (Lipinski definition) is 0. The summed E-state index contributed by atoms with van der Waals surface area (Å²) in [5, 5.41) is 0.248. The van der Waals surface area contributed by atoms with Crippen molar-refractivity contribution in [1.82, 2.24) is 4.90 Å². The minimum atomic E-state index is -0.617. The van der Waals surface area contributed by atoms with E-state index in [-0.39, 0.29) is 10.9 Å². The van der Waals surface area contributed by atoms with Crippen molar-refractivity contribution >= 4 is 11.6 Å². The summed E-state index contributed by atoms with van der Waals surface area (Å²) in [5.74, 6) is 0. The third-order valence-corrected chi connectivity index (χ3v) is 3.66. The fourth-order valence-electron chi connectivity index (χ4n) is 2.75. The number of nitrogens with zero attached hydrogens (tertiary/aromatic N) is 1. The summed E-state index contributed by atoms with van der Waals surface area (Å²) in [6.45, 7) is 3.63. The number of hydrogen-bond acceptors (Lipinski definition) is 1. The molecule has 2 aliphatic rings. The molecule has 12 heavy (non-hydrogen) atoms. The van der Waals surface area contributed by atoms with Crippen molar-refractivity contribution in [3.8, 4) is 0 Å². The van der Waals surface area contributed by atoms with Crippen LogP contribution in [0.1, 0.15) is 26.2 Å². The van der Waals surface area contributed by atoms with Crippen LogP contribution in [0.15, 0.2) is 0 Å². The predicted molar refractivity (Wildman–Crippen MR) is 48.4 cm³/mol. The third-order valence-electron chi connectivity index (χ3n) is 3.37. The standard InChI is InChI=1S/C9H15ClFN/c1-2-9-3-7(10)5-12(9)6-8(11)4-9/h7-8H,2-6H2,1H3/t7?,8-,9+/m1/s1. The van der Waals surface area contributed by atoms with Crippen molar-refractivity contribution in [2.75, 3.05) is 13.1 Å². The van der Waals surface area contributed by atoms with Crippen LogP contribution in [-0.4, -0.2) is 35.1 Å². The summed E-state index contributed by atoms with van der Waals surface area (Å²) in [6, 6.07) is 0. The van der Waals surface area contributed by atoms with E-state index in [0.29, 0.717) is 13.0 Å². The molecular formula is C9H15ClFN. The summed E-state index contributed by atoms with van der Waals surface area (Å²) in [7, 11) is 0. The lowest BCUT2D eigenvalue weighted by atomic mass is 9.91. The van der Waals surface area contributed by atoms with Gasteiger partial charge in [0.15, 0.2) is 0 Å². The lowest BCUT2D eigenvalue weighted by molar-refractivity contribution is 0.189. The highest BCUT2D eigenvalue weighted by Crippen LogP contribution is 2.43. The summed E-state index contributed by atoms with van der Waals surface area (Å²) < 4.78 is 13.1. The smallest absolute Gasteiger partial charge is 0.115 e. The SMILES string of the molecule is CC[C@@]12CC(Cl)CN1C[C@H](F)C2. The molecule has 0 N–H and O–H groups in total. The summed E-state index contributed by atoms with van der Waals surface area (Å²) in [6.07, 6.45) is 2.10. The maximum atomic E-state index is 13.1. The molecule has 0 aromatic carbocycles. The number of halogens is 2. The number of rotatable bonds is 1. The number of fused-ring (bicyclic) bond motifs is 1. The van der Waals surface area contributed by atoms with Crippen LogP contribution < -0.4 is 0 Å². The Hall–Kier alpha value is 0.180. The molecule has 0 aromatic rings. The second-order valence-electron chi connectivity index (χ2n) is 4.09. The van der Waals surface area contributed by atoms with Crippen LogP contribution in [0.3, 0.4) is 0 Å². The second kappa shape index (κ2) is 2.85. The molecular weight excluding hydrogens is 177 g/mol. The van der Waals surface area contributed by atoms with Gasteiger partial charge in [-0.25, -0.2) is 4.39 Å². The normalized spacial score (nSPS) is 48.2. The fraction of sp³-hybridized carbons (Fsp3) is 1.00. The molecule has 0 amide bonds. The Bertz CT molecular complexity index is 171. The Balaban J connectivity index is 2.16. The van der Waals surface area contributed by atoms with E-state index in [1.54, 1.807) is 0 Å². The molecule has 70 valence electrons. The highest BCUT2D eigenvalue weighted by atomic mass is 35.5. The first-order valence-electron chi connectivity index (χ1n) is 4.69. The van der Waals surface area contributed by atoms with E-state index in [1.165, 1.54) is 0 Å². The van der Waals surface area contributed by atoms with E-state index < -0.39 is 6.17 Å². The molecule has 0 radical (unpaired) electrons. The van der Waals surface area contributed by atoms with Crippen LogP contribution in [0.5, 0.6) is 0 Å². The molecule has 0 aliphatic carbocycles. The Morgan fingerprint density at radius 3 is 2.83 bits per heavy atom. The third kappa shape index (κ3) is 1.16. The second-order valence-corrected chi connectivity index (χ2v) is 4.70. The molecule has 0 spiro atoms. The van der Waals surface area contributed by atoms with Crippen molar-refractivity contribution in [2.24, 2.45) is 0 Å². The van der Waals surface area contributed by atoms with Gasteiger partial charge < -0.3 is 0 Å². The fourth-order valence-corrected chi connectivity index (χ4v) is 3.20. The molecule has 1 nitrogen and oxygen atoms in total. The summed E-state index contributed by atoms with van der Waals surface area (Å²) in [4.78, 5) is 2.25. The highest BCUT2D eigenvalue weighted by molar-refractivity contribution is 6.21. The van der Waals surface area contributed by atoms with E-state index >= 15 is 0 Å². The lowest BCUT2D eigenvalue weighted by Gasteiger charge is -2.29. The molecule has 3 atom stereocenters. The Kier molecular flexibility index (Phi) is 2.08. The quantitative estimate of drug-likeness (QED) is 0.575. The van der Waals surface area contributed by atoms with Gasteiger partial charge in [0.2, 0.25) is 0 Å². The Labute approximate surface area is 77.9 Å². The van der Waals surface area contributed by atoms with Gasteiger partial charge in [0.25, 0.3) is 0 Å². The minimum Gasteiger partial charge on any atom is -0.293 e. The van der Waals surface area contributed by atoms with Gasteiger partial charge >= 0.3 is 0 Å². The molecule has 2 aliphatic heterocycles. The zero-order valence-electron chi connectivity index (χ0n) is 7.39.